The first-order valence-corrected chi connectivity index (χ1v) is 6.32. The van der Waals surface area contributed by atoms with Gasteiger partial charge in [0, 0.05) is 25.4 Å². The number of nitrogens with zero attached hydrogens (tertiary/aromatic N) is 2. The monoisotopic (exact) mass is 239 g/mol. The molecule has 0 atom stereocenters. The number of hydrogen-bond donors (Lipinski definition) is 1. The van der Waals surface area contributed by atoms with E-state index < -0.39 is 0 Å². The lowest BCUT2D eigenvalue weighted by Crippen LogP contribution is -2.19. The van der Waals surface area contributed by atoms with Crippen molar-refractivity contribution >= 4 is 5.57 Å². The number of aryl methyl sites for hydroxylation is 1. The Balaban J connectivity index is 1.87. The van der Waals surface area contributed by atoms with Crippen LogP contribution in [0.1, 0.15) is 12.0 Å². The molecule has 0 fully saturated rings. The Morgan fingerprint density at radius 3 is 2.50 bits per heavy atom. The largest absolute Gasteiger partial charge is 0.313 e. The van der Waals surface area contributed by atoms with Gasteiger partial charge >= 0.3 is 0 Å². The number of aromatic nitrogens is 2. The van der Waals surface area contributed by atoms with Crippen LogP contribution in [0.25, 0.3) is 16.7 Å². The van der Waals surface area contributed by atoms with Gasteiger partial charge in [0.1, 0.15) is 0 Å². The SMILES string of the molecule is Cn1cc(-c2ccc(C3=CCNCC3)cc2)cn1. The van der Waals surface area contributed by atoms with Gasteiger partial charge in [-0.25, -0.2) is 0 Å². The Labute approximate surface area is 107 Å². The van der Waals surface area contributed by atoms with Gasteiger partial charge < -0.3 is 5.32 Å². The lowest BCUT2D eigenvalue weighted by molar-refractivity contribution is 0.738. The van der Waals surface area contributed by atoms with Crippen molar-refractivity contribution in [3.63, 3.8) is 0 Å². The highest BCUT2D eigenvalue weighted by Gasteiger charge is 2.06. The first-order valence-electron chi connectivity index (χ1n) is 6.32. The van der Waals surface area contributed by atoms with E-state index in [1.165, 1.54) is 22.3 Å². The topological polar surface area (TPSA) is 29.9 Å². The van der Waals surface area contributed by atoms with E-state index in [-0.39, 0.29) is 0 Å². The lowest BCUT2D eigenvalue weighted by Gasteiger charge is -2.14. The standard InChI is InChI=1S/C15H17N3/c1-18-11-15(10-17-18)13-4-2-12(3-5-13)14-6-8-16-9-7-14/h2-6,10-11,16H,7-9H2,1H3. The molecule has 0 saturated carbocycles. The summed E-state index contributed by atoms with van der Waals surface area (Å²) in [5.41, 5.74) is 5.18. The first-order chi connectivity index (χ1) is 8.83. The summed E-state index contributed by atoms with van der Waals surface area (Å²) in [4.78, 5) is 0. The van der Waals surface area contributed by atoms with Gasteiger partial charge in [-0.2, -0.15) is 5.10 Å². The lowest BCUT2D eigenvalue weighted by atomic mass is 9.98. The minimum atomic E-state index is 0.986. The number of benzene rings is 1. The molecule has 18 heavy (non-hydrogen) atoms. The molecule has 0 spiro atoms. The van der Waals surface area contributed by atoms with Crippen molar-refractivity contribution in [3.8, 4) is 11.1 Å². The molecule has 0 amide bonds. The molecule has 0 radical (unpaired) electrons. The molecule has 0 bridgehead atoms. The number of nitrogens with one attached hydrogen (secondary N) is 1. The maximum Gasteiger partial charge on any atom is 0.0568 e. The van der Waals surface area contributed by atoms with Crippen LogP contribution in [0.5, 0.6) is 0 Å². The molecule has 3 heteroatoms. The smallest absolute Gasteiger partial charge is 0.0568 e. The van der Waals surface area contributed by atoms with Crippen LogP contribution < -0.4 is 5.32 Å². The summed E-state index contributed by atoms with van der Waals surface area (Å²) in [7, 11) is 1.94. The fourth-order valence-corrected chi connectivity index (χ4v) is 2.33. The second-order valence-corrected chi connectivity index (χ2v) is 4.66. The van der Waals surface area contributed by atoms with E-state index in [1.807, 2.05) is 24.1 Å². The fraction of sp³-hybridized carbons (Fsp3) is 0.267. The van der Waals surface area contributed by atoms with Crippen LogP contribution in [0.4, 0.5) is 0 Å². The van der Waals surface area contributed by atoms with Crippen LogP contribution in [0.3, 0.4) is 0 Å². The third-order valence-electron chi connectivity index (χ3n) is 3.36. The van der Waals surface area contributed by atoms with Gasteiger partial charge in [-0.1, -0.05) is 30.3 Å². The predicted octanol–water partition coefficient (Wildman–Crippen LogP) is 2.46. The Hall–Kier alpha value is -1.87. The van der Waals surface area contributed by atoms with E-state index in [4.69, 9.17) is 0 Å². The average Bonchev–Trinajstić information content (AvgIpc) is 2.87. The van der Waals surface area contributed by atoms with Crippen LogP contribution in [-0.4, -0.2) is 22.9 Å². The molecule has 3 rings (SSSR count). The van der Waals surface area contributed by atoms with Crippen molar-refractivity contribution in [1.29, 1.82) is 0 Å². The predicted molar refractivity (Wildman–Crippen MR) is 74.1 cm³/mol. The molecule has 0 saturated heterocycles. The molecule has 3 nitrogen and oxygen atoms in total. The third kappa shape index (κ3) is 2.22. The molecule has 1 aliphatic heterocycles. The Bertz CT molecular complexity index is 564. The van der Waals surface area contributed by atoms with Crippen LogP contribution >= 0.6 is 0 Å². The normalized spacial score (nSPS) is 15.5. The van der Waals surface area contributed by atoms with Gasteiger partial charge in [0.25, 0.3) is 0 Å². The molecular formula is C15H17N3. The zero-order valence-electron chi connectivity index (χ0n) is 10.6. The summed E-state index contributed by atoms with van der Waals surface area (Å²) >= 11 is 0. The number of hydrogen-bond acceptors (Lipinski definition) is 2. The van der Waals surface area contributed by atoms with Gasteiger partial charge in [-0.15, -0.1) is 0 Å². The molecule has 0 aliphatic carbocycles. The molecule has 2 heterocycles. The Kier molecular flexibility index (Phi) is 2.99. The molecule has 1 N–H and O–H groups in total. The van der Waals surface area contributed by atoms with Crippen LogP contribution in [0, 0.1) is 0 Å². The highest BCUT2D eigenvalue weighted by atomic mass is 15.2. The molecule has 1 aliphatic rings. The van der Waals surface area contributed by atoms with E-state index in [0.29, 0.717) is 0 Å². The van der Waals surface area contributed by atoms with Gasteiger partial charge in [0.05, 0.1) is 6.20 Å². The van der Waals surface area contributed by atoms with Gasteiger partial charge in [0.2, 0.25) is 0 Å². The average molecular weight is 239 g/mol. The van der Waals surface area contributed by atoms with Gasteiger partial charge in [0.15, 0.2) is 0 Å². The highest BCUT2D eigenvalue weighted by molar-refractivity contribution is 5.70. The molecule has 1 aromatic carbocycles. The second-order valence-electron chi connectivity index (χ2n) is 4.66. The first kappa shape index (κ1) is 11.2. The van der Waals surface area contributed by atoms with Gasteiger partial charge in [-0.05, 0) is 29.7 Å². The summed E-state index contributed by atoms with van der Waals surface area (Å²) in [5.74, 6) is 0. The van der Waals surface area contributed by atoms with Crippen molar-refractivity contribution in [2.24, 2.45) is 7.05 Å². The Morgan fingerprint density at radius 1 is 1.11 bits per heavy atom. The summed E-state index contributed by atoms with van der Waals surface area (Å²) in [6.07, 6.45) is 7.34. The molecule has 1 aromatic heterocycles. The van der Waals surface area contributed by atoms with E-state index >= 15 is 0 Å². The van der Waals surface area contributed by atoms with Crippen molar-refractivity contribution in [1.82, 2.24) is 15.1 Å². The molecular weight excluding hydrogens is 222 g/mol. The summed E-state index contributed by atoms with van der Waals surface area (Å²) in [6, 6.07) is 8.77. The van der Waals surface area contributed by atoms with E-state index in [1.54, 1.807) is 0 Å². The maximum atomic E-state index is 4.20. The van der Waals surface area contributed by atoms with Crippen molar-refractivity contribution in [2.45, 2.75) is 6.42 Å². The van der Waals surface area contributed by atoms with Crippen molar-refractivity contribution in [3.05, 3.63) is 48.3 Å². The number of rotatable bonds is 2. The fourth-order valence-electron chi connectivity index (χ4n) is 2.33. The second kappa shape index (κ2) is 4.78. The molecule has 92 valence electrons. The van der Waals surface area contributed by atoms with Crippen LogP contribution in [0.2, 0.25) is 0 Å². The highest BCUT2D eigenvalue weighted by Crippen LogP contribution is 2.24. The van der Waals surface area contributed by atoms with Crippen LogP contribution in [-0.2, 0) is 7.05 Å². The molecule has 0 unspecified atom stereocenters. The minimum absolute atomic E-state index is 0.986. The zero-order valence-corrected chi connectivity index (χ0v) is 10.6. The minimum Gasteiger partial charge on any atom is -0.313 e. The Morgan fingerprint density at radius 2 is 1.89 bits per heavy atom. The summed E-state index contributed by atoms with van der Waals surface area (Å²) in [6.45, 7) is 2.07. The maximum absolute atomic E-state index is 4.20. The zero-order chi connectivity index (χ0) is 12.4. The van der Waals surface area contributed by atoms with Gasteiger partial charge in [-0.3, -0.25) is 4.68 Å². The summed E-state index contributed by atoms with van der Waals surface area (Å²) < 4.78 is 1.83. The van der Waals surface area contributed by atoms with E-state index in [2.05, 4.69) is 40.8 Å². The van der Waals surface area contributed by atoms with Crippen molar-refractivity contribution < 1.29 is 0 Å². The summed E-state index contributed by atoms with van der Waals surface area (Å²) in [5, 5.41) is 7.54. The van der Waals surface area contributed by atoms with E-state index in [0.717, 1.165) is 19.5 Å². The van der Waals surface area contributed by atoms with Crippen LogP contribution in [0.15, 0.2) is 42.7 Å². The third-order valence-corrected chi connectivity index (χ3v) is 3.36. The van der Waals surface area contributed by atoms with E-state index in [9.17, 15) is 0 Å². The molecule has 2 aromatic rings. The van der Waals surface area contributed by atoms with Crippen molar-refractivity contribution in [2.75, 3.05) is 13.1 Å². The quantitative estimate of drug-likeness (QED) is 0.872.